The van der Waals surface area contributed by atoms with Crippen LogP contribution in [0.2, 0.25) is 0 Å². The van der Waals surface area contributed by atoms with Crippen molar-refractivity contribution in [3.05, 3.63) is 35.6 Å². The van der Waals surface area contributed by atoms with E-state index in [1.807, 2.05) is 12.3 Å². The lowest BCUT2D eigenvalue weighted by molar-refractivity contribution is 0.742. The minimum Gasteiger partial charge on any atom is -0.316 e. The molecule has 3 heterocycles. The van der Waals surface area contributed by atoms with Gasteiger partial charge in [-0.15, -0.1) is 11.3 Å². The van der Waals surface area contributed by atoms with Gasteiger partial charge in [-0.05, 0) is 25.1 Å². The Labute approximate surface area is 98.6 Å². The predicted molar refractivity (Wildman–Crippen MR) is 65.6 cm³/mol. The molecule has 3 nitrogen and oxygen atoms in total. The van der Waals surface area contributed by atoms with Crippen molar-refractivity contribution >= 4 is 11.3 Å². The van der Waals surface area contributed by atoms with E-state index in [0.717, 1.165) is 23.7 Å². The normalized spacial score (nSPS) is 20.1. The minimum absolute atomic E-state index is 0.599. The summed E-state index contributed by atoms with van der Waals surface area (Å²) in [5, 5.41) is 6.63. The molecule has 0 saturated carbocycles. The molecule has 1 N–H and O–H groups in total. The van der Waals surface area contributed by atoms with Crippen LogP contribution in [0, 0.1) is 0 Å². The fraction of sp³-hybridized carbons (Fsp3) is 0.333. The Bertz CT molecular complexity index is 460. The van der Waals surface area contributed by atoms with E-state index < -0.39 is 0 Å². The third-order valence-corrected chi connectivity index (χ3v) is 3.82. The molecule has 1 aliphatic heterocycles. The lowest BCUT2D eigenvalue weighted by Crippen LogP contribution is -2.08. The van der Waals surface area contributed by atoms with Crippen molar-refractivity contribution < 1.29 is 0 Å². The Kier molecular flexibility index (Phi) is 2.68. The van der Waals surface area contributed by atoms with Crippen molar-refractivity contribution in [1.29, 1.82) is 0 Å². The topological polar surface area (TPSA) is 37.8 Å². The van der Waals surface area contributed by atoms with Crippen molar-refractivity contribution in [3.63, 3.8) is 0 Å². The second-order valence-corrected chi connectivity index (χ2v) is 4.87. The van der Waals surface area contributed by atoms with Crippen LogP contribution < -0.4 is 5.32 Å². The van der Waals surface area contributed by atoms with Gasteiger partial charge in [-0.2, -0.15) is 0 Å². The van der Waals surface area contributed by atoms with Gasteiger partial charge in [0.05, 0.1) is 5.69 Å². The maximum atomic E-state index is 4.70. The maximum absolute atomic E-state index is 4.70. The molecule has 2 aromatic rings. The van der Waals surface area contributed by atoms with Crippen molar-refractivity contribution in [3.8, 4) is 10.6 Å². The van der Waals surface area contributed by atoms with Crippen molar-refractivity contribution in [1.82, 2.24) is 15.3 Å². The summed E-state index contributed by atoms with van der Waals surface area (Å²) in [6, 6.07) is 4.01. The Morgan fingerprint density at radius 3 is 3.19 bits per heavy atom. The third kappa shape index (κ3) is 1.86. The number of pyridine rings is 1. The second kappa shape index (κ2) is 4.31. The molecule has 16 heavy (non-hydrogen) atoms. The molecule has 0 spiro atoms. The zero-order valence-corrected chi connectivity index (χ0v) is 9.70. The first-order chi connectivity index (χ1) is 7.93. The van der Waals surface area contributed by atoms with E-state index in [1.165, 1.54) is 12.1 Å². The van der Waals surface area contributed by atoms with Gasteiger partial charge in [0.1, 0.15) is 5.01 Å². The number of aromatic nitrogens is 2. The SMILES string of the molecule is c1cncc(-c2nc(C3CCNC3)cs2)c1. The fourth-order valence-corrected chi connectivity index (χ4v) is 2.90. The molecule has 1 aliphatic rings. The van der Waals surface area contributed by atoms with Gasteiger partial charge >= 0.3 is 0 Å². The van der Waals surface area contributed by atoms with Crippen LogP contribution in [0.4, 0.5) is 0 Å². The monoisotopic (exact) mass is 231 g/mol. The molecule has 0 bridgehead atoms. The summed E-state index contributed by atoms with van der Waals surface area (Å²) < 4.78 is 0. The predicted octanol–water partition coefficient (Wildman–Crippen LogP) is 2.28. The number of hydrogen-bond acceptors (Lipinski definition) is 4. The molecule has 0 amide bonds. The third-order valence-electron chi connectivity index (χ3n) is 2.91. The van der Waals surface area contributed by atoms with E-state index in [-0.39, 0.29) is 0 Å². The lowest BCUT2D eigenvalue weighted by Gasteiger charge is -2.02. The Balaban J connectivity index is 1.87. The zero-order valence-electron chi connectivity index (χ0n) is 8.89. The van der Waals surface area contributed by atoms with E-state index in [4.69, 9.17) is 4.98 Å². The van der Waals surface area contributed by atoms with Crippen LogP contribution in [0.15, 0.2) is 29.9 Å². The van der Waals surface area contributed by atoms with E-state index in [0.29, 0.717) is 5.92 Å². The molecule has 1 atom stereocenters. The number of nitrogens with one attached hydrogen (secondary N) is 1. The van der Waals surface area contributed by atoms with Crippen LogP contribution in [-0.4, -0.2) is 23.1 Å². The van der Waals surface area contributed by atoms with Crippen LogP contribution in [0.25, 0.3) is 10.6 Å². The average molecular weight is 231 g/mol. The number of thiazole rings is 1. The molecule has 1 unspecified atom stereocenters. The minimum atomic E-state index is 0.599. The number of hydrogen-bond donors (Lipinski definition) is 1. The van der Waals surface area contributed by atoms with Crippen LogP contribution in [0.1, 0.15) is 18.0 Å². The van der Waals surface area contributed by atoms with Crippen molar-refractivity contribution in [2.24, 2.45) is 0 Å². The molecule has 2 aromatic heterocycles. The van der Waals surface area contributed by atoms with Gasteiger partial charge in [0, 0.05) is 35.8 Å². The highest BCUT2D eigenvalue weighted by atomic mass is 32.1. The molecule has 82 valence electrons. The van der Waals surface area contributed by atoms with Crippen LogP contribution >= 0.6 is 11.3 Å². The summed E-state index contributed by atoms with van der Waals surface area (Å²) in [4.78, 5) is 8.82. The highest BCUT2D eigenvalue weighted by molar-refractivity contribution is 7.13. The summed E-state index contributed by atoms with van der Waals surface area (Å²) in [5.41, 5.74) is 2.35. The van der Waals surface area contributed by atoms with Gasteiger partial charge in [-0.3, -0.25) is 4.98 Å². The van der Waals surface area contributed by atoms with Crippen LogP contribution in [0.3, 0.4) is 0 Å². The summed E-state index contributed by atoms with van der Waals surface area (Å²) in [6.45, 7) is 2.18. The molecule has 0 aliphatic carbocycles. The zero-order chi connectivity index (χ0) is 10.8. The smallest absolute Gasteiger partial charge is 0.125 e. The number of rotatable bonds is 2. The highest BCUT2D eigenvalue weighted by Gasteiger charge is 2.19. The Morgan fingerprint density at radius 1 is 1.44 bits per heavy atom. The van der Waals surface area contributed by atoms with Crippen molar-refractivity contribution in [2.45, 2.75) is 12.3 Å². The molecular weight excluding hydrogens is 218 g/mol. The standard InChI is InChI=1S/C12H13N3S/c1-2-10(7-13-4-1)12-15-11(8-16-12)9-3-5-14-6-9/h1-2,4,7-9,14H,3,5-6H2. The number of nitrogens with zero attached hydrogens (tertiary/aromatic N) is 2. The summed E-state index contributed by atoms with van der Waals surface area (Å²) >= 11 is 1.71. The highest BCUT2D eigenvalue weighted by Crippen LogP contribution is 2.28. The molecule has 1 fully saturated rings. The van der Waals surface area contributed by atoms with Gasteiger partial charge < -0.3 is 5.32 Å². The van der Waals surface area contributed by atoms with E-state index >= 15 is 0 Å². The summed E-state index contributed by atoms with van der Waals surface area (Å²) in [7, 11) is 0. The molecule has 3 rings (SSSR count). The summed E-state index contributed by atoms with van der Waals surface area (Å²) in [6.07, 6.45) is 4.87. The molecular formula is C12H13N3S. The van der Waals surface area contributed by atoms with E-state index in [2.05, 4.69) is 21.7 Å². The lowest BCUT2D eigenvalue weighted by atomic mass is 10.1. The van der Waals surface area contributed by atoms with E-state index in [1.54, 1.807) is 17.5 Å². The Morgan fingerprint density at radius 2 is 2.44 bits per heavy atom. The van der Waals surface area contributed by atoms with Gasteiger partial charge in [-0.1, -0.05) is 0 Å². The quantitative estimate of drug-likeness (QED) is 0.861. The molecule has 0 aromatic carbocycles. The largest absolute Gasteiger partial charge is 0.316 e. The van der Waals surface area contributed by atoms with Crippen LogP contribution in [0.5, 0.6) is 0 Å². The van der Waals surface area contributed by atoms with E-state index in [9.17, 15) is 0 Å². The molecule has 1 saturated heterocycles. The average Bonchev–Trinajstić information content (AvgIpc) is 3.01. The molecule has 0 radical (unpaired) electrons. The summed E-state index contributed by atoms with van der Waals surface area (Å²) in [5.74, 6) is 0.599. The first-order valence-electron chi connectivity index (χ1n) is 5.50. The van der Waals surface area contributed by atoms with Gasteiger partial charge in [0.2, 0.25) is 0 Å². The van der Waals surface area contributed by atoms with Gasteiger partial charge in [-0.25, -0.2) is 4.98 Å². The second-order valence-electron chi connectivity index (χ2n) is 4.01. The first-order valence-corrected chi connectivity index (χ1v) is 6.38. The molecule has 4 heteroatoms. The fourth-order valence-electron chi connectivity index (χ4n) is 2.00. The van der Waals surface area contributed by atoms with Gasteiger partial charge in [0.15, 0.2) is 0 Å². The van der Waals surface area contributed by atoms with Crippen molar-refractivity contribution in [2.75, 3.05) is 13.1 Å². The Hall–Kier alpha value is -1.26. The first kappa shape index (κ1) is 9.93. The van der Waals surface area contributed by atoms with Gasteiger partial charge in [0.25, 0.3) is 0 Å². The van der Waals surface area contributed by atoms with Crippen LogP contribution in [-0.2, 0) is 0 Å². The maximum Gasteiger partial charge on any atom is 0.125 e.